The normalized spacial score (nSPS) is 42.5. The van der Waals surface area contributed by atoms with Gasteiger partial charge < -0.3 is 4.74 Å². The standard InChI is InChI=1S/C12H20O/c1-2-5-12(6-3-1)7-4-10-8-11(10)9-13-12/h10-11H,1-9H2/t10-,11+/m0/s1. The highest BCUT2D eigenvalue weighted by molar-refractivity contribution is 4.95. The highest BCUT2D eigenvalue weighted by Gasteiger charge is 2.45. The van der Waals surface area contributed by atoms with Gasteiger partial charge in [-0.05, 0) is 43.9 Å². The van der Waals surface area contributed by atoms with Crippen molar-refractivity contribution in [3.05, 3.63) is 0 Å². The van der Waals surface area contributed by atoms with Crippen molar-refractivity contribution in [2.24, 2.45) is 11.8 Å². The Labute approximate surface area is 80.8 Å². The largest absolute Gasteiger partial charge is 0.375 e. The molecule has 0 aromatic carbocycles. The summed E-state index contributed by atoms with van der Waals surface area (Å²) in [7, 11) is 0. The van der Waals surface area contributed by atoms with E-state index < -0.39 is 0 Å². The molecule has 0 amide bonds. The van der Waals surface area contributed by atoms with Crippen molar-refractivity contribution in [1.29, 1.82) is 0 Å². The molecule has 1 heterocycles. The molecule has 2 aliphatic carbocycles. The van der Waals surface area contributed by atoms with Crippen molar-refractivity contribution in [2.45, 2.75) is 57.0 Å². The maximum absolute atomic E-state index is 6.19. The summed E-state index contributed by atoms with van der Waals surface area (Å²) in [5, 5.41) is 0. The van der Waals surface area contributed by atoms with E-state index in [1.807, 2.05) is 0 Å². The lowest BCUT2D eigenvalue weighted by molar-refractivity contribution is -0.0735. The van der Waals surface area contributed by atoms with Crippen LogP contribution in [0.5, 0.6) is 0 Å². The maximum atomic E-state index is 6.19. The highest BCUT2D eigenvalue weighted by Crippen LogP contribution is 2.49. The predicted octanol–water partition coefficient (Wildman–Crippen LogP) is 3.14. The zero-order valence-electron chi connectivity index (χ0n) is 8.43. The van der Waals surface area contributed by atoms with E-state index in [4.69, 9.17) is 4.74 Å². The molecule has 2 saturated carbocycles. The Kier molecular flexibility index (Phi) is 1.90. The van der Waals surface area contributed by atoms with Crippen LogP contribution in [0.3, 0.4) is 0 Å². The van der Waals surface area contributed by atoms with Crippen LogP contribution in [0.15, 0.2) is 0 Å². The fourth-order valence-electron chi connectivity index (χ4n) is 3.26. The van der Waals surface area contributed by atoms with Gasteiger partial charge in [-0.3, -0.25) is 0 Å². The van der Waals surface area contributed by atoms with Gasteiger partial charge in [-0.15, -0.1) is 0 Å². The summed E-state index contributed by atoms with van der Waals surface area (Å²) in [5.41, 5.74) is 0.353. The molecular weight excluding hydrogens is 160 g/mol. The van der Waals surface area contributed by atoms with Gasteiger partial charge in [0.15, 0.2) is 0 Å². The van der Waals surface area contributed by atoms with Crippen LogP contribution in [0.2, 0.25) is 0 Å². The Hall–Kier alpha value is -0.0400. The van der Waals surface area contributed by atoms with Crippen LogP contribution in [-0.4, -0.2) is 12.2 Å². The molecule has 0 aromatic heterocycles. The van der Waals surface area contributed by atoms with Crippen molar-refractivity contribution >= 4 is 0 Å². The smallest absolute Gasteiger partial charge is 0.0682 e. The zero-order valence-corrected chi connectivity index (χ0v) is 8.43. The maximum Gasteiger partial charge on any atom is 0.0682 e. The molecule has 0 unspecified atom stereocenters. The zero-order chi connectivity index (χ0) is 8.73. The van der Waals surface area contributed by atoms with Crippen molar-refractivity contribution in [3.63, 3.8) is 0 Å². The first-order valence-electron chi connectivity index (χ1n) is 6.02. The van der Waals surface area contributed by atoms with Crippen LogP contribution in [0.25, 0.3) is 0 Å². The third-order valence-electron chi connectivity index (χ3n) is 4.41. The van der Waals surface area contributed by atoms with Crippen LogP contribution in [0.4, 0.5) is 0 Å². The lowest BCUT2D eigenvalue weighted by Gasteiger charge is -2.36. The van der Waals surface area contributed by atoms with Crippen LogP contribution in [0, 0.1) is 11.8 Å². The summed E-state index contributed by atoms with van der Waals surface area (Å²) in [6.07, 6.45) is 11.3. The van der Waals surface area contributed by atoms with Crippen molar-refractivity contribution in [2.75, 3.05) is 6.61 Å². The van der Waals surface area contributed by atoms with Crippen molar-refractivity contribution in [1.82, 2.24) is 0 Å². The van der Waals surface area contributed by atoms with Crippen molar-refractivity contribution in [3.8, 4) is 0 Å². The molecule has 3 rings (SSSR count). The summed E-state index contributed by atoms with van der Waals surface area (Å²) in [6.45, 7) is 1.09. The average Bonchev–Trinajstić information content (AvgIpc) is 2.92. The molecular formula is C12H20O. The fourth-order valence-corrected chi connectivity index (χ4v) is 3.26. The van der Waals surface area contributed by atoms with E-state index >= 15 is 0 Å². The molecule has 0 bridgehead atoms. The molecule has 74 valence electrons. The number of fused-ring (bicyclic) bond motifs is 1. The molecule has 13 heavy (non-hydrogen) atoms. The van der Waals surface area contributed by atoms with Crippen LogP contribution in [-0.2, 0) is 4.74 Å². The second-order valence-electron chi connectivity index (χ2n) is 5.35. The van der Waals surface area contributed by atoms with Gasteiger partial charge in [-0.1, -0.05) is 19.3 Å². The van der Waals surface area contributed by atoms with Gasteiger partial charge in [-0.2, -0.15) is 0 Å². The molecule has 0 N–H and O–H groups in total. The third kappa shape index (κ3) is 1.52. The van der Waals surface area contributed by atoms with Gasteiger partial charge in [0, 0.05) is 0 Å². The van der Waals surface area contributed by atoms with E-state index in [-0.39, 0.29) is 0 Å². The first kappa shape index (κ1) is 8.28. The van der Waals surface area contributed by atoms with Crippen LogP contribution < -0.4 is 0 Å². The monoisotopic (exact) mass is 180 g/mol. The number of hydrogen-bond acceptors (Lipinski definition) is 1. The highest BCUT2D eigenvalue weighted by atomic mass is 16.5. The fraction of sp³-hybridized carbons (Fsp3) is 1.00. The van der Waals surface area contributed by atoms with E-state index in [1.165, 1.54) is 51.4 Å². The van der Waals surface area contributed by atoms with Gasteiger partial charge in [0.25, 0.3) is 0 Å². The average molecular weight is 180 g/mol. The topological polar surface area (TPSA) is 9.23 Å². The molecule has 0 aromatic rings. The quantitative estimate of drug-likeness (QED) is 0.556. The van der Waals surface area contributed by atoms with Crippen molar-refractivity contribution < 1.29 is 4.74 Å². The van der Waals surface area contributed by atoms with E-state index in [1.54, 1.807) is 0 Å². The SMILES string of the molecule is C1CCC2(CC1)CC[C@H]1C[C@@H]1CO2. The predicted molar refractivity (Wildman–Crippen MR) is 52.6 cm³/mol. The Bertz CT molecular complexity index is 179. The van der Waals surface area contributed by atoms with E-state index in [2.05, 4.69) is 0 Å². The molecule has 1 aliphatic heterocycles. The second kappa shape index (κ2) is 2.98. The Morgan fingerprint density at radius 1 is 0.923 bits per heavy atom. The minimum Gasteiger partial charge on any atom is -0.375 e. The summed E-state index contributed by atoms with van der Waals surface area (Å²) >= 11 is 0. The molecule has 1 heteroatoms. The number of rotatable bonds is 0. The molecule has 3 fully saturated rings. The van der Waals surface area contributed by atoms with Gasteiger partial charge in [0.1, 0.15) is 0 Å². The lowest BCUT2D eigenvalue weighted by Crippen LogP contribution is -2.34. The van der Waals surface area contributed by atoms with Crippen LogP contribution in [0.1, 0.15) is 51.4 Å². The Morgan fingerprint density at radius 2 is 1.77 bits per heavy atom. The Morgan fingerprint density at radius 3 is 2.62 bits per heavy atom. The first-order chi connectivity index (χ1) is 6.38. The molecule has 3 aliphatic rings. The summed E-state index contributed by atoms with van der Waals surface area (Å²) in [6, 6.07) is 0. The van der Waals surface area contributed by atoms with Gasteiger partial charge in [0.05, 0.1) is 12.2 Å². The number of ether oxygens (including phenoxy) is 1. The lowest BCUT2D eigenvalue weighted by atomic mass is 9.81. The first-order valence-corrected chi connectivity index (χ1v) is 6.02. The van der Waals surface area contributed by atoms with E-state index in [0.29, 0.717) is 5.60 Å². The van der Waals surface area contributed by atoms with E-state index in [0.717, 1.165) is 18.4 Å². The molecule has 1 nitrogen and oxygen atoms in total. The van der Waals surface area contributed by atoms with E-state index in [9.17, 15) is 0 Å². The number of hydrogen-bond donors (Lipinski definition) is 0. The molecule has 1 saturated heterocycles. The third-order valence-corrected chi connectivity index (χ3v) is 4.41. The van der Waals surface area contributed by atoms with Gasteiger partial charge >= 0.3 is 0 Å². The second-order valence-corrected chi connectivity index (χ2v) is 5.35. The van der Waals surface area contributed by atoms with Gasteiger partial charge in [-0.25, -0.2) is 0 Å². The molecule has 2 atom stereocenters. The minimum atomic E-state index is 0.353. The molecule has 0 radical (unpaired) electrons. The molecule has 1 spiro atoms. The summed E-state index contributed by atoms with van der Waals surface area (Å²) < 4.78 is 6.19. The summed E-state index contributed by atoms with van der Waals surface area (Å²) in [4.78, 5) is 0. The Balaban J connectivity index is 1.68. The van der Waals surface area contributed by atoms with Crippen LogP contribution >= 0.6 is 0 Å². The minimum absolute atomic E-state index is 0.353. The summed E-state index contributed by atoms with van der Waals surface area (Å²) in [5.74, 6) is 2.02. The van der Waals surface area contributed by atoms with Gasteiger partial charge in [0.2, 0.25) is 0 Å².